The molecule has 0 bridgehead atoms. The van der Waals surface area contributed by atoms with Crippen LogP contribution in [0, 0.1) is 6.92 Å². The zero-order valence-corrected chi connectivity index (χ0v) is 20.2. The molecule has 4 heterocycles. The Hall–Kier alpha value is -2.94. The van der Waals surface area contributed by atoms with Gasteiger partial charge in [0.15, 0.2) is 17.1 Å². The van der Waals surface area contributed by atoms with Gasteiger partial charge in [0.05, 0.1) is 28.6 Å². The van der Waals surface area contributed by atoms with E-state index in [0.29, 0.717) is 27.5 Å². The lowest BCUT2D eigenvalue weighted by molar-refractivity contribution is -0.309. The van der Waals surface area contributed by atoms with Gasteiger partial charge in [0.1, 0.15) is 30.2 Å². The highest BCUT2D eigenvalue weighted by atomic mass is 32.1. The molecule has 2 saturated heterocycles. The second-order valence-corrected chi connectivity index (χ2v) is 9.97. The van der Waals surface area contributed by atoms with Crippen LogP contribution >= 0.6 is 11.3 Å². The van der Waals surface area contributed by atoms with Crippen LogP contribution in [-0.4, -0.2) is 55.8 Å². The second-order valence-electron chi connectivity index (χ2n) is 8.94. The number of aryl methyl sites for hydroxylation is 1. The van der Waals surface area contributed by atoms with E-state index in [4.69, 9.17) is 19.9 Å². The Morgan fingerprint density at radius 3 is 2.65 bits per heavy atom. The summed E-state index contributed by atoms with van der Waals surface area (Å²) in [6.45, 7) is 1.85. The third-order valence-electron chi connectivity index (χ3n) is 6.39. The van der Waals surface area contributed by atoms with E-state index in [-0.39, 0.29) is 17.9 Å². The molecule has 2 aromatic heterocycles. The number of aliphatic hydroxyl groups excluding tert-OH is 1. The number of nitrogens with zero attached hydrogens (tertiary/aromatic N) is 4. The molecule has 2 aliphatic rings. The molecule has 6 rings (SSSR count). The van der Waals surface area contributed by atoms with Gasteiger partial charge in [-0.05, 0) is 25.1 Å². The first kappa shape index (κ1) is 24.4. The molecule has 0 saturated carbocycles. The summed E-state index contributed by atoms with van der Waals surface area (Å²) in [5.41, 5.74) is 7.94. The summed E-state index contributed by atoms with van der Waals surface area (Å²) < 4.78 is 59.3. The van der Waals surface area contributed by atoms with Crippen LogP contribution in [0.4, 0.5) is 13.2 Å². The van der Waals surface area contributed by atoms with E-state index >= 15 is 0 Å². The molecule has 4 aromatic rings. The van der Waals surface area contributed by atoms with E-state index in [1.807, 2.05) is 30.3 Å². The Kier molecular flexibility index (Phi) is 6.01. The molecule has 1 unspecified atom stereocenters. The fourth-order valence-corrected chi connectivity index (χ4v) is 5.50. The maximum atomic E-state index is 13.1. The van der Waals surface area contributed by atoms with Crippen LogP contribution in [0.15, 0.2) is 48.5 Å². The van der Waals surface area contributed by atoms with E-state index in [1.165, 1.54) is 10.7 Å². The van der Waals surface area contributed by atoms with Gasteiger partial charge in [0, 0.05) is 5.56 Å². The van der Waals surface area contributed by atoms with Crippen LogP contribution in [0.25, 0.3) is 15.9 Å². The average Bonchev–Trinajstić information content (AvgIpc) is 3.49. The molecule has 13 heteroatoms. The molecule has 2 fully saturated rings. The minimum absolute atomic E-state index is 0.182. The number of rotatable bonds is 3. The van der Waals surface area contributed by atoms with Crippen molar-refractivity contribution in [1.82, 2.24) is 19.7 Å². The highest BCUT2D eigenvalue weighted by Gasteiger charge is 2.49. The number of alkyl halides is 3. The van der Waals surface area contributed by atoms with Gasteiger partial charge in [-0.2, -0.15) is 18.3 Å². The summed E-state index contributed by atoms with van der Waals surface area (Å²) in [5.74, 6) is 0.658. The molecule has 2 aliphatic heterocycles. The highest BCUT2D eigenvalue weighted by Crippen LogP contribution is 2.39. The van der Waals surface area contributed by atoms with Crippen molar-refractivity contribution in [1.29, 1.82) is 0 Å². The van der Waals surface area contributed by atoms with E-state index < -0.39 is 47.9 Å². The van der Waals surface area contributed by atoms with E-state index in [0.717, 1.165) is 5.56 Å². The molecule has 6 atom stereocenters. The smallest absolute Gasteiger partial charge is 0.388 e. The number of aromatic nitrogens is 4. The Morgan fingerprint density at radius 1 is 1.11 bits per heavy atom. The number of ether oxygens (including phenoxy) is 3. The van der Waals surface area contributed by atoms with Gasteiger partial charge in [-0.25, -0.2) is 14.6 Å². The Balaban J connectivity index is 1.29. The van der Waals surface area contributed by atoms with Crippen LogP contribution in [0.3, 0.4) is 0 Å². The van der Waals surface area contributed by atoms with Crippen molar-refractivity contribution in [3.63, 3.8) is 0 Å². The lowest BCUT2D eigenvalue weighted by Gasteiger charge is -2.46. The summed E-state index contributed by atoms with van der Waals surface area (Å²) in [6, 6.07) is 13.2. The topological polar surface area (TPSA) is 118 Å². The van der Waals surface area contributed by atoms with Gasteiger partial charge in [0.25, 0.3) is 0 Å². The van der Waals surface area contributed by atoms with Gasteiger partial charge in [0.2, 0.25) is 0 Å². The quantitative estimate of drug-likeness (QED) is 0.411. The van der Waals surface area contributed by atoms with Crippen LogP contribution in [0.1, 0.15) is 34.6 Å². The summed E-state index contributed by atoms with van der Waals surface area (Å²) in [7, 11) is 0. The zero-order valence-electron chi connectivity index (χ0n) is 19.4. The summed E-state index contributed by atoms with van der Waals surface area (Å²) in [4.78, 5) is 8.13. The number of aliphatic hydroxyl groups is 1. The first-order chi connectivity index (χ1) is 17.7. The minimum atomic E-state index is -4.53. The lowest BCUT2D eigenvalue weighted by atomic mass is 9.92. The highest BCUT2D eigenvalue weighted by molar-refractivity contribution is 7.18. The fourth-order valence-electron chi connectivity index (χ4n) is 4.64. The molecule has 0 spiro atoms. The lowest BCUT2D eigenvalue weighted by Crippen LogP contribution is -2.62. The number of hydrogen-bond acceptors (Lipinski definition) is 9. The third-order valence-corrected chi connectivity index (χ3v) is 7.45. The largest absolute Gasteiger partial charge is 0.443 e. The number of nitrogens with two attached hydrogens (primary N) is 1. The maximum absolute atomic E-state index is 13.1. The summed E-state index contributed by atoms with van der Waals surface area (Å²) in [6.07, 6.45) is -8.54. The molecular weight excluding hydrogens is 511 g/mol. The number of hydrogen-bond donors (Lipinski definition) is 2. The molecule has 0 radical (unpaired) electrons. The average molecular weight is 534 g/mol. The second kappa shape index (κ2) is 9.11. The van der Waals surface area contributed by atoms with Gasteiger partial charge in [-0.1, -0.05) is 30.3 Å². The van der Waals surface area contributed by atoms with E-state index in [1.54, 1.807) is 19.1 Å². The van der Waals surface area contributed by atoms with Gasteiger partial charge in [-0.15, -0.1) is 11.3 Å². The predicted octanol–water partition coefficient (Wildman–Crippen LogP) is 3.45. The van der Waals surface area contributed by atoms with Crippen molar-refractivity contribution in [3.05, 3.63) is 70.8 Å². The maximum Gasteiger partial charge on any atom is 0.443 e. The van der Waals surface area contributed by atoms with Crippen LogP contribution in [-0.2, 0) is 20.4 Å². The van der Waals surface area contributed by atoms with Gasteiger partial charge >= 0.3 is 6.18 Å². The number of fused-ring (bicyclic) bond motifs is 2. The molecular formula is C24H22F3N5O4S. The van der Waals surface area contributed by atoms with Crippen molar-refractivity contribution >= 4 is 21.6 Å². The summed E-state index contributed by atoms with van der Waals surface area (Å²) in [5, 5.41) is 14.6. The number of halogens is 3. The minimum Gasteiger partial charge on any atom is -0.388 e. The van der Waals surface area contributed by atoms with Crippen molar-refractivity contribution in [2.45, 2.75) is 49.8 Å². The molecule has 194 valence electrons. The van der Waals surface area contributed by atoms with Crippen LogP contribution in [0.2, 0.25) is 0 Å². The fraction of sp³-hybridized carbons (Fsp3) is 0.375. The molecule has 0 aliphatic carbocycles. The van der Waals surface area contributed by atoms with Crippen LogP contribution < -0.4 is 5.73 Å². The van der Waals surface area contributed by atoms with Crippen LogP contribution in [0.5, 0.6) is 0 Å². The predicted molar refractivity (Wildman–Crippen MR) is 126 cm³/mol. The summed E-state index contributed by atoms with van der Waals surface area (Å²) >= 11 is 0.544. The Morgan fingerprint density at radius 2 is 1.89 bits per heavy atom. The molecule has 37 heavy (non-hydrogen) atoms. The van der Waals surface area contributed by atoms with Gasteiger partial charge < -0.3 is 25.1 Å². The van der Waals surface area contributed by atoms with E-state index in [2.05, 4.69) is 15.1 Å². The van der Waals surface area contributed by atoms with E-state index in [9.17, 15) is 18.3 Å². The normalized spacial score (nSPS) is 28.4. The number of benzene rings is 2. The molecule has 2 aromatic carbocycles. The Labute approximate surface area is 212 Å². The first-order valence-electron chi connectivity index (χ1n) is 11.5. The van der Waals surface area contributed by atoms with Crippen molar-refractivity contribution < 1.29 is 32.5 Å². The van der Waals surface area contributed by atoms with Crippen molar-refractivity contribution in [2.75, 3.05) is 6.61 Å². The standard InChI is InChI=1S/C24H22F3N5O4S/c1-11-29-21(32(31-11)13-7-8-14-16(9-13)37-23(30-14)24(25,26)27)20-18(33)17(28)19-15(35-20)10-34-22(36-19)12-5-3-2-4-6-12/h2-9,15,17-20,22,33H,10,28H2,1H3/t15-,17-,18-,19+,20-,22?/m1/s1. The van der Waals surface area contributed by atoms with Crippen molar-refractivity contribution in [3.8, 4) is 5.69 Å². The molecule has 3 N–H and O–H groups in total. The SMILES string of the molecule is Cc1nc([C@@H]2O[C@@H]3COC(c4ccccc4)O[C@@H]3[C@H](N)[C@H]2O)n(-c2ccc3nc(C(F)(F)F)sc3c2)n1. The third kappa shape index (κ3) is 4.41. The first-order valence-corrected chi connectivity index (χ1v) is 12.3. The number of thiazole rings is 1. The molecule has 0 amide bonds. The van der Waals surface area contributed by atoms with Gasteiger partial charge in [-0.3, -0.25) is 0 Å². The zero-order chi connectivity index (χ0) is 25.9. The Bertz CT molecular complexity index is 1430. The monoisotopic (exact) mass is 533 g/mol. The van der Waals surface area contributed by atoms with Crippen molar-refractivity contribution in [2.24, 2.45) is 5.73 Å². The molecule has 9 nitrogen and oxygen atoms in total.